The Morgan fingerprint density at radius 3 is 2.67 bits per heavy atom. The molecule has 1 aromatic carbocycles. The summed E-state index contributed by atoms with van der Waals surface area (Å²) in [7, 11) is 2.60. The van der Waals surface area contributed by atoms with Gasteiger partial charge in [0.05, 0.1) is 34.5 Å². The minimum absolute atomic E-state index is 0.0275. The fraction of sp³-hybridized carbons (Fsp3) is 0.231. The molecule has 0 saturated heterocycles. The molecule has 0 bridgehead atoms. The second-order valence-corrected chi connectivity index (χ2v) is 4.53. The summed E-state index contributed by atoms with van der Waals surface area (Å²) in [6.45, 7) is 0. The summed E-state index contributed by atoms with van der Waals surface area (Å²) in [4.78, 5) is 26.9. The molecule has 1 N–H and O–H groups in total. The highest BCUT2D eigenvalue weighted by Gasteiger charge is 2.18. The van der Waals surface area contributed by atoms with Crippen LogP contribution in [0.1, 0.15) is 10.4 Å². The predicted octanol–water partition coefficient (Wildman–Crippen LogP) is 2.37. The van der Waals surface area contributed by atoms with Crippen molar-refractivity contribution in [3.05, 3.63) is 27.7 Å². The Morgan fingerprint density at radius 1 is 1.48 bits per heavy atom. The van der Waals surface area contributed by atoms with Crippen molar-refractivity contribution >= 4 is 47.0 Å². The van der Waals surface area contributed by atoms with Crippen molar-refractivity contribution in [1.29, 1.82) is 5.26 Å². The number of aliphatic imine (C=N–C) groups is 1. The molecule has 0 aromatic heterocycles. The van der Waals surface area contributed by atoms with Gasteiger partial charge in [-0.25, -0.2) is 0 Å². The van der Waals surface area contributed by atoms with E-state index in [1.54, 1.807) is 6.07 Å². The van der Waals surface area contributed by atoms with Gasteiger partial charge in [-0.05, 0) is 12.1 Å². The molecule has 110 valence electrons. The molecule has 0 aliphatic heterocycles. The first kappa shape index (κ1) is 17.0. The first-order valence-corrected chi connectivity index (χ1v) is 6.43. The van der Waals surface area contributed by atoms with Crippen LogP contribution in [0.4, 0.5) is 5.69 Å². The summed E-state index contributed by atoms with van der Waals surface area (Å²) < 4.78 is 4.45. The third-order valence-corrected chi connectivity index (χ3v) is 3.18. The SMILES string of the molecule is CNC(=O)c1c(Cl)ccc(N=CC(C#N)C(=O)OC)c1Cl. The standard InChI is InChI=1S/C13H11Cl2N3O3/c1-17-12(19)10-8(14)3-4-9(11(10)15)18-6-7(5-16)13(20)21-2/h3-4,6-7H,1-2H3,(H,17,19). The first-order valence-electron chi connectivity index (χ1n) is 5.68. The molecular weight excluding hydrogens is 317 g/mol. The highest BCUT2D eigenvalue weighted by molar-refractivity contribution is 6.41. The number of hydrogen-bond acceptors (Lipinski definition) is 5. The van der Waals surface area contributed by atoms with Gasteiger partial charge in [0.25, 0.3) is 5.91 Å². The zero-order chi connectivity index (χ0) is 16.0. The van der Waals surface area contributed by atoms with Crippen LogP contribution in [0, 0.1) is 17.2 Å². The number of esters is 1. The molecule has 6 nitrogen and oxygen atoms in total. The van der Waals surface area contributed by atoms with E-state index in [0.717, 1.165) is 6.21 Å². The van der Waals surface area contributed by atoms with Gasteiger partial charge in [0.2, 0.25) is 0 Å². The second kappa shape index (κ2) is 7.62. The van der Waals surface area contributed by atoms with E-state index in [0.29, 0.717) is 0 Å². The van der Waals surface area contributed by atoms with Gasteiger partial charge in [-0.3, -0.25) is 14.6 Å². The van der Waals surface area contributed by atoms with Gasteiger partial charge in [0.15, 0.2) is 5.92 Å². The first-order chi connectivity index (χ1) is 9.96. The number of carbonyl (C=O) groups excluding carboxylic acids is 2. The van der Waals surface area contributed by atoms with Gasteiger partial charge < -0.3 is 10.1 Å². The number of hydrogen-bond donors (Lipinski definition) is 1. The number of nitrogens with one attached hydrogen (secondary N) is 1. The summed E-state index contributed by atoms with van der Waals surface area (Å²) in [6, 6.07) is 4.65. The van der Waals surface area contributed by atoms with Crippen molar-refractivity contribution in [3.8, 4) is 6.07 Å². The summed E-state index contributed by atoms with van der Waals surface area (Å²) in [5.41, 5.74) is 0.283. The van der Waals surface area contributed by atoms with Gasteiger partial charge >= 0.3 is 5.97 Å². The molecule has 1 amide bonds. The number of methoxy groups -OCH3 is 1. The van der Waals surface area contributed by atoms with E-state index in [2.05, 4.69) is 15.0 Å². The Labute approximate surface area is 131 Å². The van der Waals surface area contributed by atoms with Crippen molar-refractivity contribution < 1.29 is 14.3 Å². The number of carbonyl (C=O) groups is 2. The molecule has 1 aromatic rings. The van der Waals surface area contributed by atoms with Crippen molar-refractivity contribution in [2.24, 2.45) is 10.9 Å². The fourth-order valence-electron chi connectivity index (χ4n) is 1.40. The molecule has 8 heteroatoms. The molecular formula is C13H11Cl2N3O3. The third-order valence-electron chi connectivity index (χ3n) is 2.48. The van der Waals surface area contributed by atoms with Crippen LogP contribution in [0.2, 0.25) is 10.0 Å². The molecule has 0 fully saturated rings. The van der Waals surface area contributed by atoms with Crippen molar-refractivity contribution in [3.63, 3.8) is 0 Å². The van der Waals surface area contributed by atoms with E-state index in [1.807, 2.05) is 0 Å². The largest absolute Gasteiger partial charge is 0.468 e. The van der Waals surface area contributed by atoms with Gasteiger partial charge in [-0.1, -0.05) is 23.2 Å². The maximum atomic E-state index is 11.7. The van der Waals surface area contributed by atoms with E-state index in [-0.39, 0.29) is 21.3 Å². The second-order valence-electron chi connectivity index (χ2n) is 3.74. The number of amides is 1. The summed E-state index contributed by atoms with van der Waals surface area (Å²) in [5.74, 6) is -2.37. The Bertz CT molecular complexity index is 638. The minimum Gasteiger partial charge on any atom is -0.468 e. The summed E-state index contributed by atoms with van der Waals surface area (Å²) >= 11 is 12.0. The maximum Gasteiger partial charge on any atom is 0.328 e. The molecule has 0 aliphatic rings. The van der Waals surface area contributed by atoms with E-state index in [1.165, 1.54) is 26.3 Å². The van der Waals surface area contributed by atoms with Gasteiger partial charge in [0.1, 0.15) is 0 Å². The zero-order valence-electron chi connectivity index (χ0n) is 11.2. The lowest BCUT2D eigenvalue weighted by Gasteiger charge is -2.08. The lowest BCUT2D eigenvalue weighted by Crippen LogP contribution is -2.18. The van der Waals surface area contributed by atoms with Crippen LogP contribution in [0.3, 0.4) is 0 Å². The van der Waals surface area contributed by atoms with Crippen LogP contribution in [0.15, 0.2) is 17.1 Å². The van der Waals surface area contributed by atoms with E-state index < -0.39 is 17.8 Å². The Morgan fingerprint density at radius 2 is 2.14 bits per heavy atom. The monoisotopic (exact) mass is 327 g/mol. The molecule has 1 rings (SSSR count). The minimum atomic E-state index is -1.16. The van der Waals surface area contributed by atoms with Crippen molar-refractivity contribution in [2.75, 3.05) is 14.2 Å². The van der Waals surface area contributed by atoms with E-state index in [9.17, 15) is 9.59 Å². The maximum absolute atomic E-state index is 11.7. The highest BCUT2D eigenvalue weighted by Crippen LogP contribution is 2.33. The van der Waals surface area contributed by atoms with E-state index in [4.69, 9.17) is 28.5 Å². The molecule has 1 atom stereocenters. The van der Waals surface area contributed by atoms with Gasteiger partial charge in [-0.15, -0.1) is 0 Å². The van der Waals surface area contributed by atoms with Crippen LogP contribution < -0.4 is 5.32 Å². The molecule has 0 saturated carbocycles. The number of rotatable bonds is 4. The molecule has 0 radical (unpaired) electrons. The Kier molecular flexibility index (Phi) is 6.15. The van der Waals surface area contributed by atoms with Crippen LogP contribution in [0.5, 0.6) is 0 Å². The van der Waals surface area contributed by atoms with Crippen molar-refractivity contribution in [1.82, 2.24) is 5.32 Å². The number of nitriles is 1. The Balaban J connectivity index is 3.19. The highest BCUT2D eigenvalue weighted by atomic mass is 35.5. The smallest absolute Gasteiger partial charge is 0.328 e. The normalized spacial score (nSPS) is 11.8. The lowest BCUT2D eigenvalue weighted by molar-refractivity contribution is -0.141. The summed E-state index contributed by atoms with van der Waals surface area (Å²) in [6.07, 6.45) is 1.09. The molecule has 0 spiro atoms. The van der Waals surface area contributed by atoms with Crippen molar-refractivity contribution in [2.45, 2.75) is 0 Å². The topological polar surface area (TPSA) is 91.5 Å². The van der Waals surface area contributed by atoms with Crippen LogP contribution >= 0.6 is 23.2 Å². The van der Waals surface area contributed by atoms with Crippen LogP contribution in [0.25, 0.3) is 0 Å². The number of halogens is 2. The Hall–Kier alpha value is -2.10. The summed E-state index contributed by atoms with van der Waals surface area (Å²) in [5, 5.41) is 11.4. The molecule has 21 heavy (non-hydrogen) atoms. The van der Waals surface area contributed by atoms with Crippen LogP contribution in [-0.2, 0) is 9.53 Å². The lowest BCUT2D eigenvalue weighted by atomic mass is 10.1. The average Bonchev–Trinajstić information content (AvgIpc) is 2.49. The van der Waals surface area contributed by atoms with Gasteiger partial charge in [0, 0.05) is 13.3 Å². The molecule has 0 heterocycles. The number of nitrogens with zero attached hydrogens (tertiary/aromatic N) is 2. The fourth-order valence-corrected chi connectivity index (χ4v) is 1.99. The van der Waals surface area contributed by atoms with Gasteiger partial charge in [-0.2, -0.15) is 5.26 Å². The third kappa shape index (κ3) is 3.94. The average molecular weight is 328 g/mol. The number of ether oxygens (including phenoxy) is 1. The molecule has 1 unspecified atom stereocenters. The van der Waals surface area contributed by atoms with Crippen LogP contribution in [-0.4, -0.2) is 32.2 Å². The zero-order valence-corrected chi connectivity index (χ0v) is 12.7. The van der Waals surface area contributed by atoms with E-state index >= 15 is 0 Å². The quantitative estimate of drug-likeness (QED) is 0.678. The number of benzene rings is 1. The molecule has 0 aliphatic carbocycles. The predicted molar refractivity (Wildman–Crippen MR) is 79.1 cm³/mol.